The van der Waals surface area contributed by atoms with Gasteiger partial charge < -0.3 is 0 Å². The van der Waals surface area contributed by atoms with Gasteiger partial charge in [0.05, 0.1) is 6.07 Å². The number of aromatic nitrogens is 2. The van der Waals surface area contributed by atoms with E-state index in [1.165, 1.54) is 10.9 Å². The van der Waals surface area contributed by atoms with Crippen LogP contribution in [-0.4, -0.2) is 21.9 Å². The predicted molar refractivity (Wildman–Crippen MR) is 73.4 cm³/mol. The van der Waals surface area contributed by atoms with Crippen molar-refractivity contribution in [3.8, 4) is 6.07 Å². The first-order valence-electron chi connectivity index (χ1n) is 7.07. The van der Waals surface area contributed by atoms with Gasteiger partial charge in [0.1, 0.15) is 5.54 Å². The number of rotatable bonds is 8. The summed E-state index contributed by atoms with van der Waals surface area (Å²) in [5.74, 6) is 0. The Morgan fingerprint density at radius 2 is 2.10 bits per heavy atom. The Bertz CT molecular complexity index is 475. The second-order valence-corrected chi connectivity index (χ2v) is 5.29. The lowest BCUT2D eigenvalue weighted by atomic mass is 9.96. The van der Waals surface area contributed by atoms with Crippen molar-refractivity contribution in [1.29, 1.82) is 5.26 Å². The summed E-state index contributed by atoms with van der Waals surface area (Å²) in [6.07, 6.45) is -0.00986. The third-order valence-corrected chi connectivity index (χ3v) is 3.26. The number of nitrogens with zero attached hydrogens (tertiary/aromatic N) is 3. The molecule has 0 saturated carbocycles. The van der Waals surface area contributed by atoms with E-state index in [4.69, 9.17) is 5.26 Å². The lowest BCUT2D eigenvalue weighted by Crippen LogP contribution is -2.41. The predicted octanol–water partition coefficient (Wildman–Crippen LogP) is 3.35. The van der Waals surface area contributed by atoms with E-state index >= 15 is 0 Å². The van der Waals surface area contributed by atoms with E-state index in [2.05, 4.69) is 16.5 Å². The maximum absolute atomic E-state index is 12.4. The fraction of sp³-hybridized carbons (Fsp3) is 0.714. The van der Waals surface area contributed by atoms with Crippen LogP contribution in [0.3, 0.4) is 0 Å². The highest BCUT2D eigenvalue weighted by Gasteiger charge is 2.33. The average Bonchev–Trinajstić information content (AvgIpc) is 2.90. The summed E-state index contributed by atoms with van der Waals surface area (Å²) < 4.78 is 38.5. The zero-order valence-corrected chi connectivity index (χ0v) is 12.4. The molecule has 0 radical (unpaired) electrons. The molecule has 0 aliphatic heterocycles. The number of hydrogen-bond acceptors (Lipinski definition) is 3. The van der Waals surface area contributed by atoms with Crippen LogP contribution in [0.1, 0.15) is 45.2 Å². The molecule has 1 rings (SSSR count). The Morgan fingerprint density at radius 3 is 2.62 bits per heavy atom. The van der Waals surface area contributed by atoms with Gasteiger partial charge in [-0.2, -0.15) is 23.5 Å². The molecular weight excluding hydrogens is 281 g/mol. The quantitative estimate of drug-likeness (QED) is 0.749. The van der Waals surface area contributed by atoms with Crippen LogP contribution in [0.25, 0.3) is 0 Å². The van der Waals surface area contributed by atoms with Gasteiger partial charge in [0.15, 0.2) is 5.69 Å². The van der Waals surface area contributed by atoms with Crippen LogP contribution in [0.2, 0.25) is 0 Å². The van der Waals surface area contributed by atoms with Crippen molar-refractivity contribution in [2.45, 2.75) is 57.8 Å². The molecule has 1 atom stereocenters. The molecule has 1 N–H and O–H groups in total. The van der Waals surface area contributed by atoms with Crippen molar-refractivity contribution in [1.82, 2.24) is 15.1 Å². The molecule has 0 bridgehead atoms. The number of unbranched alkanes of at least 4 members (excludes halogenated alkanes) is 1. The molecule has 0 spiro atoms. The van der Waals surface area contributed by atoms with Gasteiger partial charge in [0.2, 0.25) is 0 Å². The van der Waals surface area contributed by atoms with Crippen LogP contribution in [-0.2, 0) is 12.7 Å². The molecule has 4 nitrogen and oxygen atoms in total. The van der Waals surface area contributed by atoms with E-state index in [1.54, 1.807) is 0 Å². The SMILES string of the molecule is CCCNC(C)(C#N)CCCCn1ccc(C(F)(F)F)n1. The highest BCUT2D eigenvalue weighted by atomic mass is 19.4. The van der Waals surface area contributed by atoms with E-state index in [-0.39, 0.29) is 0 Å². The van der Waals surface area contributed by atoms with Crippen molar-refractivity contribution in [2.24, 2.45) is 0 Å². The van der Waals surface area contributed by atoms with Crippen molar-refractivity contribution in [3.05, 3.63) is 18.0 Å². The maximum Gasteiger partial charge on any atom is 0.435 e. The number of hydrogen-bond donors (Lipinski definition) is 1. The molecule has 1 heterocycles. The third kappa shape index (κ3) is 5.76. The van der Waals surface area contributed by atoms with Gasteiger partial charge in [-0.3, -0.25) is 10.00 Å². The fourth-order valence-corrected chi connectivity index (χ4v) is 1.97. The topological polar surface area (TPSA) is 53.6 Å². The Morgan fingerprint density at radius 1 is 1.38 bits per heavy atom. The molecule has 0 aliphatic carbocycles. The van der Waals surface area contributed by atoms with Gasteiger partial charge in [-0.05, 0) is 45.2 Å². The number of nitrogens with one attached hydrogen (secondary N) is 1. The fourth-order valence-electron chi connectivity index (χ4n) is 1.97. The Labute approximate surface area is 122 Å². The van der Waals surface area contributed by atoms with Crippen LogP contribution in [0.5, 0.6) is 0 Å². The third-order valence-electron chi connectivity index (χ3n) is 3.26. The minimum absolute atomic E-state index is 0.422. The molecule has 0 amide bonds. The van der Waals surface area contributed by atoms with Gasteiger partial charge in [-0.25, -0.2) is 0 Å². The Balaban J connectivity index is 2.37. The van der Waals surface area contributed by atoms with Crippen LogP contribution in [0, 0.1) is 11.3 Å². The highest BCUT2D eigenvalue weighted by molar-refractivity contribution is 5.04. The summed E-state index contributed by atoms with van der Waals surface area (Å²) in [6.45, 7) is 5.07. The van der Waals surface area contributed by atoms with Crippen LogP contribution < -0.4 is 5.32 Å². The van der Waals surface area contributed by atoms with Gasteiger partial charge in [-0.1, -0.05) is 6.92 Å². The minimum atomic E-state index is -4.39. The molecule has 118 valence electrons. The minimum Gasteiger partial charge on any atom is -0.300 e. The molecular formula is C14H21F3N4. The zero-order valence-electron chi connectivity index (χ0n) is 12.4. The standard InChI is InChI=1S/C14H21F3N4/c1-3-8-19-13(2,11-18)7-4-5-9-21-10-6-12(20-21)14(15,16)17/h6,10,19H,3-5,7-9H2,1-2H3. The highest BCUT2D eigenvalue weighted by Crippen LogP contribution is 2.27. The largest absolute Gasteiger partial charge is 0.435 e. The maximum atomic E-state index is 12.4. The summed E-state index contributed by atoms with van der Waals surface area (Å²) in [5.41, 5.74) is -1.44. The van der Waals surface area contributed by atoms with Crippen molar-refractivity contribution in [2.75, 3.05) is 6.54 Å². The van der Waals surface area contributed by atoms with Gasteiger partial charge >= 0.3 is 6.18 Å². The van der Waals surface area contributed by atoms with Gasteiger partial charge in [0.25, 0.3) is 0 Å². The second kappa shape index (κ2) is 7.46. The molecule has 1 aromatic rings. The van der Waals surface area contributed by atoms with E-state index in [1.807, 2.05) is 13.8 Å². The molecule has 1 aromatic heterocycles. The zero-order chi connectivity index (χ0) is 15.9. The molecule has 0 fully saturated rings. The number of alkyl halides is 3. The molecule has 1 unspecified atom stereocenters. The monoisotopic (exact) mass is 302 g/mol. The first-order chi connectivity index (χ1) is 9.80. The molecule has 0 aromatic carbocycles. The number of aryl methyl sites for hydroxylation is 1. The van der Waals surface area contributed by atoms with Crippen LogP contribution in [0.4, 0.5) is 13.2 Å². The summed E-state index contributed by atoms with van der Waals surface area (Å²) in [4.78, 5) is 0. The smallest absolute Gasteiger partial charge is 0.300 e. The van der Waals surface area contributed by atoms with E-state index in [0.717, 1.165) is 25.5 Å². The van der Waals surface area contributed by atoms with Crippen molar-refractivity contribution in [3.63, 3.8) is 0 Å². The summed E-state index contributed by atoms with van der Waals surface area (Å²) in [7, 11) is 0. The molecule has 7 heteroatoms. The van der Waals surface area contributed by atoms with E-state index in [0.29, 0.717) is 19.4 Å². The lowest BCUT2D eigenvalue weighted by molar-refractivity contribution is -0.141. The van der Waals surface area contributed by atoms with Crippen LogP contribution in [0.15, 0.2) is 12.3 Å². The normalized spacial score (nSPS) is 14.7. The van der Waals surface area contributed by atoms with Gasteiger partial charge in [0, 0.05) is 12.7 Å². The van der Waals surface area contributed by atoms with Crippen molar-refractivity contribution >= 4 is 0 Å². The first-order valence-corrected chi connectivity index (χ1v) is 7.07. The van der Waals surface area contributed by atoms with Gasteiger partial charge in [-0.15, -0.1) is 0 Å². The summed E-state index contributed by atoms with van der Waals surface area (Å²) >= 11 is 0. The van der Waals surface area contributed by atoms with Crippen molar-refractivity contribution < 1.29 is 13.2 Å². The van der Waals surface area contributed by atoms with Crippen LogP contribution >= 0.6 is 0 Å². The summed E-state index contributed by atoms with van der Waals surface area (Å²) in [5, 5.41) is 15.8. The lowest BCUT2D eigenvalue weighted by Gasteiger charge is -2.22. The average molecular weight is 302 g/mol. The first kappa shape index (κ1) is 17.5. The molecule has 0 saturated heterocycles. The van der Waals surface area contributed by atoms with E-state index in [9.17, 15) is 13.2 Å². The number of nitriles is 1. The number of halogens is 3. The second-order valence-electron chi connectivity index (χ2n) is 5.29. The molecule has 21 heavy (non-hydrogen) atoms. The summed E-state index contributed by atoms with van der Waals surface area (Å²) in [6, 6.07) is 3.23. The Kier molecular flexibility index (Phi) is 6.21. The Hall–Kier alpha value is -1.55. The molecule has 0 aliphatic rings. The van der Waals surface area contributed by atoms with E-state index < -0.39 is 17.4 Å².